The van der Waals surface area contributed by atoms with Gasteiger partial charge in [-0.25, -0.2) is 0 Å². The zero-order valence-electron chi connectivity index (χ0n) is 12.0. The van der Waals surface area contributed by atoms with E-state index in [9.17, 15) is 0 Å². The van der Waals surface area contributed by atoms with E-state index in [1.807, 2.05) is 12.1 Å². The van der Waals surface area contributed by atoms with Crippen LogP contribution >= 0.6 is 0 Å². The van der Waals surface area contributed by atoms with Crippen LogP contribution in [0, 0.1) is 6.92 Å². The second kappa shape index (κ2) is 7.75. The molecular formula is C17H24O. The zero-order chi connectivity index (χ0) is 13.4. The van der Waals surface area contributed by atoms with Crippen molar-refractivity contribution in [3.63, 3.8) is 0 Å². The van der Waals surface area contributed by atoms with Gasteiger partial charge in [0.15, 0.2) is 0 Å². The number of rotatable bonds is 6. The van der Waals surface area contributed by atoms with E-state index < -0.39 is 0 Å². The summed E-state index contributed by atoms with van der Waals surface area (Å²) in [6.45, 7) is 9.18. The molecule has 0 aliphatic rings. The Morgan fingerprint density at radius 1 is 1.17 bits per heavy atom. The van der Waals surface area contributed by atoms with E-state index in [4.69, 9.17) is 4.74 Å². The van der Waals surface area contributed by atoms with Crippen molar-refractivity contribution in [1.82, 2.24) is 0 Å². The van der Waals surface area contributed by atoms with E-state index in [0.717, 1.165) is 18.6 Å². The van der Waals surface area contributed by atoms with Crippen LogP contribution in [-0.4, -0.2) is 6.61 Å². The van der Waals surface area contributed by atoms with E-state index in [-0.39, 0.29) is 0 Å². The predicted molar refractivity (Wildman–Crippen MR) is 79.1 cm³/mol. The average molecular weight is 244 g/mol. The number of ether oxygens (including phenoxy) is 1. The first-order chi connectivity index (χ1) is 8.58. The smallest absolute Gasteiger partial charge is 0.120 e. The lowest BCUT2D eigenvalue weighted by atomic mass is 10.1. The van der Waals surface area contributed by atoms with Gasteiger partial charge in [0.2, 0.25) is 0 Å². The molecule has 18 heavy (non-hydrogen) atoms. The normalized spacial score (nSPS) is 11.2. The quantitative estimate of drug-likeness (QED) is 0.635. The maximum atomic E-state index is 5.69. The van der Waals surface area contributed by atoms with Crippen molar-refractivity contribution in [2.24, 2.45) is 0 Å². The highest BCUT2D eigenvalue weighted by molar-refractivity contribution is 5.27. The summed E-state index contributed by atoms with van der Waals surface area (Å²) in [6.07, 6.45) is 6.68. The van der Waals surface area contributed by atoms with Crippen molar-refractivity contribution >= 4 is 0 Å². The Balaban J connectivity index is 2.33. The molecule has 0 saturated carbocycles. The number of benzene rings is 1. The first-order valence-electron chi connectivity index (χ1n) is 6.56. The first-order valence-corrected chi connectivity index (χ1v) is 6.56. The molecule has 0 saturated heterocycles. The van der Waals surface area contributed by atoms with Gasteiger partial charge in [0, 0.05) is 0 Å². The van der Waals surface area contributed by atoms with Gasteiger partial charge >= 0.3 is 0 Å². The monoisotopic (exact) mass is 244 g/mol. The number of aryl methyl sites for hydroxylation is 1. The summed E-state index contributed by atoms with van der Waals surface area (Å²) in [5.41, 5.74) is 4.01. The molecule has 0 aliphatic carbocycles. The molecule has 0 bridgehead atoms. The van der Waals surface area contributed by atoms with Gasteiger partial charge in [0.25, 0.3) is 0 Å². The van der Waals surface area contributed by atoms with Crippen molar-refractivity contribution in [2.75, 3.05) is 6.61 Å². The Kier molecular flexibility index (Phi) is 6.27. The van der Waals surface area contributed by atoms with Crippen molar-refractivity contribution in [3.05, 3.63) is 53.1 Å². The molecule has 98 valence electrons. The minimum absolute atomic E-state index is 0.657. The predicted octanol–water partition coefficient (Wildman–Crippen LogP) is 5.07. The van der Waals surface area contributed by atoms with E-state index in [2.05, 4.69) is 52.0 Å². The molecule has 0 radical (unpaired) electrons. The number of hydrogen-bond donors (Lipinski definition) is 0. The maximum absolute atomic E-state index is 5.69. The van der Waals surface area contributed by atoms with Crippen LogP contribution in [0.3, 0.4) is 0 Å². The highest BCUT2D eigenvalue weighted by Crippen LogP contribution is 2.13. The van der Waals surface area contributed by atoms with Crippen molar-refractivity contribution in [2.45, 2.75) is 40.5 Å². The van der Waals surface area contributed by atoms with Crippen LogP contribution in [0.5, 0.6) is 5.75 Å². The SMILES string of the molecule is CC(C)=CCC/C(C)=C\COc1cccc(C)c1. The minimum Gasteiger partial charge on any atom is -0.490 e. The maximum Gasteiger partial charge on any atom is 0.120 e. The molecule has 0 atom stereocenters. The van der Waals surface area contributed by atoms with Gasteiger partial charge in [-0.15, -0.1) is 0 Å². The fraction of sp³-hybridized carbons (Fsp3) is 0.412. The Hall–Kier alpha value is -1.50. The van der Waals surface area contributed by atoms with Gasteiger partial charge in [-0.05, 0) is 64.3 Å². The molecule has 0 aromatic heterocycles. The van der Waals surface area contributed by atoms with Crippen LogP contribution in [0.15, 0.2) is 47.6 Å². The van der Waals surface area contributed by atoms with Gasteiger partial charge in [-0.3, -0.25) is 0 Å². The molecule has 1 nitrogen and oxygen atoms in total. The third-order valence-electron chi connectivity index (χ3n) is 2.76. The largest absolute Gasteiger partial charge is 0.490 e. The van der Waals surface area contributed by atoms with E-state index in [1.54, 1.807) is 0 Å². The molecule has 1 rings (SSSR count). The molecule has 1 aromatic rings. The summed E-state index contributed by atoms with van der Waals surface area (Å²) < 4.78 is 5.69. The van der Waals surface area contributed by atoms with Gasteiger partial charge in [-0.2, -0.15) is 0 Å². The summed E-state index contributed by atoms with van der Waals surface area (Å²) in [6, 6.07) is 8.16. The van der Waals surface area contributed by atoms with Crippen molar-refractivity contribution < 1.29 is 4.74 Å². The molecular weight excluding hydrogens is 220 g/mol. The molecule has 1 aromatic carbocycles. The highest BCUT2D eigenvalue weighted by atomic mass is 16.5. The van der Waals surface area contributed by atoms with Gasteiger partial charge in [0.1, 0.15) is 12.4 Å². The van der Waals surface area contributed by atoms with Crippen LogP contribution in [0.1, 0.15) is 39.2 Å². The third-order valence-corrected chi connectivity index (χ3v) is 2.76. The van der Waals surface area contributed by atoms with Crippen LogP contribution < -0.4 is 4.74 Å². The summed E-state index contributed by atoms with van der Waals surface area (Å²) in [7, 11) is 0. The summed E-state index contributed by atoms with van der Waals surface area (Å²) in [4.78, 5) is 0. The number of hydrogen-bond acceptors (Lipinski definition) is 1. The molecule has 0 heterocycles. The zero-order valence-corrected chi connectivity index (χ0v) is 12.0. The summed E-state index contributed by atoms with van der Waals surface area (Å²) in [5, 5.41) is 0. The fourth-order valence-corrected chi connectivity index (χ4v) is 1.68. The molecule has 0 N–H and O–H groups in total. The van der Waals surface area contributed by atoms with Crippen LogP contribution in [0.2, 0.25) is 0 Å². The second-order valence-electron chi connectivity index (χ2n) is 5.00. The van der Waals surface area contributed by atoms with Gasteiger partial charge < -0.3 is 4.74 Å². The lowest BCUT2D eigenvalue weighted by Gasteiger charge is -2.05. The summed E-state index contributed by atoms with van der Waals surface area (Å²) >= 11 is 0. The van der Waals surface area contributed by atoms with Crippen molar-refractivity contribution in [1.29, 1.82) is 0 Å². The summed E-state index contributed by atoms with van der Waals surface area (Å²) in [5.74, 6) is 0.948. The molecule has 0 amide bonds. The third kappa shape index (κ3) is 6.29. The average Bonchev–Trinajstić information content (AvgIpc) is 2.28. The Morgan fingerprint density at radius 2 is 1.94 bits per heavy atom. The lowest BCUT2D eigenvalue weighted by molar-refractivity contribution is 0.361. The Labute approximate surface area is 111 Å². The van der Waals surface area contributed by atoms with Crippen LogP contribution in [0.4, 0.5) is 0 Å². The first kappa shape index (κ1) is 14.6. The second-order valence-corrected chi connectivity index (χ2v) is 5.00. The Morgan fingerprint density at radius 3 is 2.61 bits per heavy atom. The Bertz CT molecular complexity index is 423. The van der Waals surface area contributed by atoms with Crippen LogP contribution in [0.25, 0.3) is 0 Å². The van der Waals surface area contributed by atoms with Crippen molar-refractivity contribution in [3.8, 4) is 5.75 Å². The van der Waals surface area contributed by atoms with E-state index in [1.165, 1.54) is 16.7 Å². The fourth-order valence-electron chi connectivity index (χ4n) is 1.68. The van der Waals surface area contributed by atoms with Gasteiger partial charge in [-0.1, -0.05) is 29.4 Å². The van der Waals surface area contributed by atoms with Crippen LogP contribution in [-0.2, 0) is 0 Å². The highest BCUT2D eigenvalue weighted by Gasteiger charge is 1.93. The molecule has 0 unspecified atom stereocenters. The van der Waals surface area contributed by atoms with E-state index in [0.29, 0.717) is 6.61 Å². The standard InChI is InChI=1S/C17H24O/c1-14(2)7-5-8-15(3)11-12-18-17-10-6-9-16(4)13-17/h6-7,9-11,13H,5,8,12H2,1-4H3/b15-11-. The number of allylic oxidation sites excluding steroid dienone is 3. The molecule has 0 fully saturated rings. The molecule has 1 heteroatoms. The van der Waals surface area contributed by atoms with E-state index >= 15 is 0 Å². The minimum atomic E-state index is 0.657. The van der Waals surface area contributed by atoms with Gasteiger partial charge in [0.05, 0.1) is 0 Å². The lowest BCUT2D eigenvalue weighted by Crippen LogP contribution is -1.94. The molecule has 0 aliphatic heterocycles. The molecule has 0 spiro atoms. The topological polar surface area (TPSA) is 9.23 Å².